The Labute approximate surface area is 198 Å². The van der Waals surface area contributed by atoms with Crippen LogP contribution in [0.4, 0.5) is 0 Å². The van der Waals surface area contributed by atoms with Crippen molar-refractivity contribution in [3.05, 3.63) is 58.7 Å². The van der Waals surface area contributed by atoms with E-state index in [1.54, 1.807) is 21.1 Å². The van der Waals surface area contributed by atoms with Crippen LogP contribution < -0.4 is 14.2 Å². The molecule has 0 heterocycles. The largest absolute Gasteiger partial charge is 0.507 e. The molecule has 0 aliphatic carbocycles. The quantitative estimate of drug-likeness (QED) is 0.301. The molecule has 0 spiro atoms. The van der Waals surface area contributed by atoms with Crippen LogP contribution in [0.5, 0.6) is 23.0 Å². The molecule has 2 aromatic carbocycles. The highest BCUT2D eigenvalue weighted by atomic mass is 16.5. The molecule has 0 bridgehead atoms. The van der Waals surface area contributed by atoms with E-state index in [1.807, 2.05) is 52.0 Å². The van der Waals surface area contributed by atoms with Crippen LogP contribution in [0.3, 0.4) is 0 Å². The topological polar surface area (TPSA) is 65.0 Å². The highest BCUT2D eigenvalue weighted by molar-refractivity contribution is 5.89. The average molecular weight is 455 g/mol. The van der Waals surface area contributed by atoms with E-state index in [9.17, 15) is 9.90 Å². The first-order chi connectivity index (χ1) is 15.1. The van der Waals surface area contributed by atoms with Crippen molar-refractivity contribution in [1.82, 2.24) is 0 Å². The lowest BCUT2D eigenvalue weighted by molar-refractivity contribution is -0.130. The smallest absolute Gasteiger partial charge is 0.338 e. The van der Waals surface area contributed by atoms with Crippen molar-refractivity contribution in [2.45, 2.75) is 72.1 Å². The Balaban J connectivity index is 2.88. The number of phenolic OH excluding ortho intramolecular Hbond substituents is 1. The second kappa shape index (κ2) is 9.50. The second-order valence-corrected chi connectivity index (χ2v) is 10.6. The molecule has 0 aliphatic rings. The average Bonchev–Trinajstić information content (AvgIpc) is 2.71. The molecule has 1 atom stereocenters. The van der Waals surface area contributed by atoms with Crippen molar-refractivity contribution in [3.63, 3.8) is 0 Å². The molecular formula is C28H38O5. The van der Waals surface area contributed by atoms with E-state index in [-0.39, 0.29) is 22.5 Å². The molecule has 0 fully saturated rings. The number of benzene rings is 2. The molecular weight excluding hydrogens is 416 g/mol. The molecule has 5 nitrogen and oxygen atoms in total. The summed E-state index contributed by atoms with van der Waals surface area (Å²) < 4.78 is 17.0. The minimum atomic E-state index is -0.496. The maximum Gasteiger partial charge on any atom is 0.338 e. The number of esters is 1. The molecule has 0 aliphatic heterocycles. The molecule has 0 radical (unpaired) electrons. The maximum atomic E-state index is 12.6. The summed E-state index contributed by atoms with van der Waals surface area (Å²) in [5.41, 5.74) is 2.70. The van der Waals surface area contributed by atoms with Gasteiger partial charge < -0.3 is 19.3 Å². The summed E-state index contributed by atoms with van der Waals surface area (Å²) in [6.07, 6.45) is 0. The van der Waals surface area contributed by atoms with Crippen LogP contribution in [-0.4, -0.2) is 25.3 Å². The summed E-state index contributed by atoms with van der Waals surface area (Å²) >= 11 is 0. The van der Waals surface area contributed by atoms with E-state index in [1.165, 1.54) is 0 Å². The Morgan fingerprint density at radius 1 is 0.879 bits per heavy atom. The van der Waals surface area contributed by atoms with E-state index in [0.717, 1.165) is 16.7 Å². The molecule has 2 rings (SSSR count). The minimum absolute atomic E-state index is 0.202. The first-order valence-electron chi connectivity index (χ1n) is 11.1. The van der Waals surface area contributed by atoms with Gasteiger partial charge in [0.25, 0.3) is 0 Å². The van der Waals surface area contributed by atoms with Gasteiger partial charge in [-0.2, -0.15) is 0 Å². The Kier molecular flexibility index (Phi) is 7.57. The summed E-state index contributed by atoms with van der Waals surface area (Å²) in [5, 5.41) is 11.3. The zero-order valence-corrected chi connectivity index (χ0v) is 21.7. The van der Waals surface area contributed by atoms with Crippen LogP contribution >= 0.6 is 0 Å². The summed E-state index contributed by atoms with van der Waals surface area (Å²) in [5.74, 6) is 1.14. The van der Waals surface area contributed by atoms with Gasteiger partial charge in [0.15, 0.2) is 0 Å². The normalized spacial score (nSPS) is 12.8. The van der Waals surface area contributed by atoms with Gasteiger partial charge in [-0.15, -0.1) is 0 Å². The Morgan fingerprint density at radius 2 is 1.33 bits per heavy atom. The minimum Gasteiger partial charge on any atom is -0.507 e. The monoisotopic (exact) mass is 454 g/mol. The third-order valence-electron chi connectivity index (χ3n) is 5.77. The molecule has 5 heteroatoms. The number of phenols is 1. The Morgan fingerprint density at radius 3 is 1.76 bits per heavy atom. The van der Waals surface area contributed by atoms with Crippen LogP contribution in [-0.2, 0) is 15.6 Å². The highest BCUT2D eigenvalue weighted by Gasteiger charge is 2.30. The standard InChI is InChI=1S/C28H38O5/c1-16(2)26(30)33-25-21(13-19(32-11)15-23(25)28(7,8)9)17(3)20-12-18(31-10)14-22(24(20)29)27(4,5)6/h12-15,17,29H,1H2,2-11H3. The van der Waals surface area contributed by atoms with Gasteiger partial charge in [0.2, 0.25) is 0 Å². The van der Waals surface area contributed by atoms with E-state index in [0.29, 0.717) is 28.4 Å². The fourth-order valence-electron chi connectivity index (χ4n) is 3.73. The van der Waals surface area contributed by atoms with E-state index >= 15 is 0 Å². The van der Waals surface area contributed by atoms with Gasteiger partial charge in [-0.3, -0.25) is 0 Å². The van der Waals surface area contributed by atoms with Gasteiger partial charge in [0, 0.05) is 33.7 Å². The highest BCUT2D eigenvalue weighted by Crippen LogP contribution is 2.47. The molecule has 0 aromatic heterocycles. The number of aromatic hydroxyl groups is 1. The maximum absolute atomic E-state index is 12.6. The molecule has 33 heavy (non-hydrogen) atoms. The van der Waals surface area contributed by atoms with Crippen molar-refractivity contribution in [1.29, 1.82) is 0 Å². The summed E-state index contributed by atoms with van der Waals surface area (Å²) in [6.45, 7) is 19.6. The van der Waals surface area contributed by atoms with Crippen LogP contribution in [0.1, 0.15) is 83.6 Å². The van der Waals surface area contributed by atoms with Crippen LogP contribution in [0.15, 0.2) is 36.4 Å². The van der Waals surface area contributed by atoms with Gasteiger partial charge in [0.1, 0.15) is 23.0 Å². The third-order valence-corrected chi connectivity index (χ3v) is 5.77. The summed E-state index contributed by atoms with van der Waals surface area (Å²) in [6, 6.07) is 7.44. The van der Waals surface area contributed by atoms with Crippen LogP contribution in [0.25, 0.3) is 0 Å². The number of carbonyl (C=O) groups is 1. The van der Waals surface area contributed by atoms with E-state index in [2.05, 4.69) is 27.4 Å². The van der Waals surface area contributed by atoms with Crippen molar-refractivity contribution in [2.75, 3.05) is 14.2 Å². The van der Waals surface area contributed by atoms with Gasteiger partial charge in [0.05, 0.1) is 14.2 Å². The van der Waals surface area contributed by atoms with E-state index in [4.69, 9.17) is 14.2 Å². The van der Waals surface area contributed by atoms with Crippen molar-refractivity contribution < 1.29 is 24.1 Å². The van der Waals surface area contributed by atoms with Gasteiger partial charge in [-0.25, -0.2) is 4.79 Å². The predicted molar refractivity (Wildman–Crippen MR) is 133 cm³/mol. The number of ether oxygens (including phenoxy) is 3. The Hall–Kier alpha value is -2.95. The molecule has 180 valence electrons. The number of carbonyl (C=O) groups excluding carboxylic acids is 1. The number of hydrogen-bond acceptors (Lipinski definition) is 5. The second-order valence-electron chi connectivity index (χ2n) is 10.6. The van der Waals surface area contributed by atoms with Crippen LogP contribution in [0, 0.1) is 0 Å². The number of methoxy groups -OCH3 is 2. The van der Waals surface area contributed by atoms with E-state index < -0.39 is 5.97 Å². The predicted octanol–water partition coefficient (Wildman–Crippen LogP) is 6.64. The third kappa shape index (κ3) is 5.70. The number of hydrogen-bond donors (Lipinski definition) is 1. The Bertz CT molecular complexity index is 1050. The molecule has 0 amide bonds. The zero-order valence-electron chi connectivity index (χ0n) is 21.7. The molecule has 0 saturated carbocycles. The molecule has 1 unspecified atom stereocenters. The molecule has 2 aromatic rings. The summed E-state index contributed by atoms with van der Waals surface area (Å²) in [7, 11) is 3.22. The molecule has 0 saturated heterocycles. The van der Waals surface area contributed by atoms with Crippen molar-refractivity contribution in [2.24, 2.45) is 0 Å². The van der Waals surface area contributed by atoms with Gasteiger partial charge in [-0.1, -0.05) is 55.0 Å². The fraction of sp³-hybridized carbons (Fsp3) is 0.464. The lowest BCUT2D eigenvalue weighted by Crippen LogP contribution is -2.19. The fourth-order valence-corrected chi connectivity index (χ4v) is 3.73. The lowest BCUT2D eigenvalue weighted by atomic mass is 9.79. The SMILES string of the molecule is C=C(C)C(=O)Oc1c(C(C)c2cc(OC)cc(C(C)(C)C)c2O)cc(OC)cc1C(C)(C)C. The zero-order chi connectivity index (χ0) is 25.3. The van der Waals surface area contributed by atoms with Crippen LogP contribution in [0.2, 0.25) is 0 Å². The van der Waals surface area contributed by atoms with Crippen molar-refractivity contribution >= 4 is 5.97 Å². The first-order valence-corrected chi connectivity index (χ1v) is 11.1. The number of rotatable bonds is 6. The lowest BCUT2D eigenvalue weighted by Gasteiger charge is -2.29. The molecule has 1 N–H and O–H groups in total. The van der Waals surface area contributed by atoms with Crippen molar-refractivity contribution in [3.8, 4) is 23.0 Å². The van der Waals surface area contributed by atoms with Gasteiger partial charge in [-0.05, 0) is 42.0 Å². The first kappa shape index (κ1) is 26.3. The summed E-state index contributed by atoms with van der Waals surface area (Å²) in [4.78, 5) is 12.6. The van der Waals surface area contributed by atoms with Gasteiger partial charge >= 0.3 is 5.97 Å².